The van der Waals surface area contributed by atoms with E-state index in [1.165, 1.54) is 22.3 Å². The van der Waals surface area contributed by atoms with Crippen LogP contribution in [0.2, 0.25) is 0 Å². The molecule has 206 valence electrons. The van der Waals surface area contributed by atoms with Crippen LogP contribution in [-0.4, -0.2) is 16.2 Å². The van der Waals surface area contributed by atoms with E-state index >= 15 is 0 Å². The van der Waals surface area contributed by atoms with Gasteiger partial charge >= 0.3 is 5.97 Å². The first kappa shape index (κ1) is 34.3. The minimum atomic E-state index is -0.745. The van der Waals surface area contributed by atoms with Gasteiger partial charge in [-0.1, -0.05) is 139 Å². The number of nitrogens with zero attached hydrogens (tertiary/aromatic N) is 1. The van der Waals surface area contributed by atoms with Crippen LogP contribution in [0.1, 0.15) is 78.2 Å². The summed E-state index contributed by atoms with van der Waals surface area (Å²) in [5.41, 5.74) is 7.12. The van der Waals surface area contributed by atoms with Gasteiger partial charge in [0.1, 0.15) is 11.5 Å². The maximum atomic E-state index is 9.37. The average molecular weight is 518 g/mol. The molecule has 0 saturated carbocycles. The smallest absolute Gasteiger partial charge is 0.303 e. The first-order valence-electron chi connectivity index (χ1n) is 13.9. The second-order valence-corrected chi connectivity index (χ2v) is 7.60. The number of benzene rings is 3. The van der Waals surface area contributed by atoms with Crippen LogP contribution >= 0.6 is 0 Å². The van der Waals surface area contributed by atoms with Crippen molar-refractivity contribution < 1.29 is 14.4 Å². The number of hydrogen-bond donors (Lipinski definition) is 1. The summed E-state index contributed by atoms with van der Waals surface area (Å²) in [7, 11) is 0. The number of rotatable bonds is 7. The van der Waals surface area contributed by atoms with Crippen LogP contribution in [0.25, 0.3) is 22.4 Å². The quantitative estimate of drug-likeness (QED) is 0.265. The molecule has 4 heteroatoms. The molecule has 1 N–H and O–H groups in total. The molecule has 0 unspecified atom stereocenters. The molecule has 4 aromatic rings. The van der Waals surface area contributed by atoms with Crippen LogP contribution in [0, 0.1) is 6.92 Å². The molecular weight excluding hydrogens is 470 g/mol. The van der Waals surface area contributed by atoms with Crippen LogP contribution in [0.3, 0.4) is 0 Å². The van der Waals surface area contributed by atoms with E-state index in [0.717, 1.165) is 36.3 Å². The lowest BCUT2D eigenvalue weighted by Gasteiger charge is -2.06. The second-order valence-electron chi connectivity index (χ2n) is 7.60. The maximum Gasteiger partial charge on any atom is 0.303 e. The largest absolute Gasteiger partial charge is 0.481 e. The predicted molar refractivity (Wildman–Crippen MR) is 163 cm³/mol. The van der Waals surface area contributed by atoms with Crippen molar-refractivity contribution in [2.45, 2.75) is 81.1 Å². The van der Waals surface area contributed by atoms with Gasteiger partial charge in [0.2, 0.25) is 0 Å². The normalized spacial score (nSPS) is 9.16. The second kappa shape index (κ2) is 21.4. The van der Waals surface area contributed by atoms with E-state index in [2.05, 4.69) is 84.0 Å². The van der Waals surface area contributed by atoms with Crippen LogP contribution in [0.5, 0.6) is 0 Å². The molecule has 1 aromatic heterocycles. The van der Waals surface area contributed by atoms with Gasteiger partial charge in [-0.2, -0.15) is 0 Å². The van der Waals surface area contributed by atoms with Crippen molar-refractivity contribution in [3.05, 3.63) is 102 Å². The third-order valence-electron chi connectivity index (χ3n) is 5.29. The molecule has 0 atom stereocenters. The Bertz CT molecular complexity index is 1100. The van der Waals surface area contributed by atoms with E-state index in [0.29, 0.717) is 0 Å². The number of aryl methyl sites for hydroxylation is 2. The van der Waals surface area contributed by atoms with Crippen molar-refractivity contribution in [3.8, 4) is 22.4 Å². The Kier molecular flexibility index (Phi) is 19.4. The Balaban J connectivity index is 0.00000108. The van der Waals surface area contributed by atoms with Crippen molar-refractivity contribution in [1.82, 2.24) is 5.16 Å². The van der Waals surface area contributed by atoms with Gasteiger partial charge in [-0.3, -0.25) is 4.79 Å². The van der Waals surface area contributed by atoms with Gasteiger partial charge < -0.3 is 9.63 Å². The van der Waals surface area contributed by atoms with Gasteiger partial charge in [0.25, 0.3) is 0 Å². The van der Waals surface area contributed by atoms with Crippen LogP contribution in [0.4, 0.5) is 0 Å². The monoisotopic (exact) mass is 517 g/mol. The zero-order valence-corrected chi connectivity index (χ0v) is 24.6. The van der Waals surface area contributed by atoms with E-state index in [4.69, 9.17) is 9.63 Å². The fourth-order valence-corrected chi connectivity index (χ4v) is 3.48. The fraction of sp³-hybridized carbons (Fsp3) is 0.353. The average Bonchev–Trinajstić information content (AvgIpc) is 3.37. The number of carboxylic acid groups (broad SMARTS) is 1. The summed E-state index contributed by atoms with van der Waals surface area (Å²) in [4.78, 5) is 9.37. The Morgan fingerprint density at radius 3 is 1.66 bits per heavy atom. The molecule has 4 rings (SSSR count). The van der Waals surface area contributed by atoms with Crippen molar-refractivity contribution in [3.63, 3.8) is 0 Å². The van der Waals surface area contributed by atoms with Gasteiger partial charge in [0.15, 0.2) is 0 Å². The summed E-state index contributed by atoms with van der Waals surface area (Å²) in [5, 5.41) is 12.1. The van der Waals surface area contributed by atoms with E-state index in [1.54, 1.807) is 6.92 Å². The van der Waals surface area contributed by atoms with Gasteiger partial charge in [0, 0.05) is 17.5 Å². The molecule has 0 fully saturated rings. The summed E-state index contributed by atoms with van der Waals surface area (Å²) < 4.78 is 5.52. The van der Waals surface area contributed by atoms with Gasteiger partial charge in [-0.05, 0) is 42.9 Å². The van der Waals surface area contributed by atoms with Gasteiger partial charge in [-0.25, -0.2) is 0 Å². The van der Waals surface area contributed by atoms with E-state index < -0.39 is 5.97 Å². The summed E-state index contributed by atoms with van der Waals surface area (Å²) in [6.45, 7) is 15.6. The van der Waals surface area contributed by atoms with E-state index in [9.17, 15) is 4.79 Å². The zero-order valence-electron chi connectivity index (χ0n) is 24.6. The molecule has 1 heterocycles. The van der Waals surface area contributed by atoms with E-state index in [1.807, 2.05) is 54.5 Å². The predicted octanol–water partition coefficient (Wildman–Crippen LogP) is 10.1. The lowest BCUT2D eigenvalue weighted by molar-refractivity contribution is -0.136. The van der Waals surface area contributed by atoms with Crippen molar-refractivity contribution in [2.75, 3.05) is 0 Å². The molecule has 0 radical (unpaired) electrons. The summed E-state index contributed by atoms with van der Waals surface area (Å²) >= 11 is 0. The number of aromatic nitrogens is 1. The minimum absolute atomic E-state index is 0.222. The summed E-state index contributed by atoms with van der Waals surface area (Å²) in [6, 6.07) is 29.6. The molecule has 0 aliphatic heterocycles. The van der Waals surface area contributed by atoms with Crippen LogP contribution in [0.15, 0.2) is 89.5 Å². The molecule has 38 heavy (non-hydrogen) atoms. The SMILES string of the molecule is CC.CC.CC.CCC(=O)O.Cc1onc(-c2ccc(-c3ccccc3)cc2)c1CCCc1ccccc1. The lowest BCUT2D eigenvalue weighted by Crippen LogP contribution is -1.93. The fourth-order valence-electron chi connectivity index (χ4n) is 3.48. The minimum Gasteiger partial charge on any atom is -0.481 e. The Morgan fingerprint density at radius 1 is 0.711 bits per heavy atom. The molecular formula is C34H47NO3. The van der Waals surface area contributed by atoms with Gasteiger partial charge in [-0.15, -0.1) is 0 Å². The first-order valence-corrected chi connectivity index (χ1v) is 13.9. The number of carboxylic acids is 1. The van der Waals surface area contributed by atoms with Crippen molar-refractivity contribution in [1.29, 1.82) is 0 Å². The number of carbonyl (C=O) groups is 1. The highest BCUT2D eigenvalue weighted by Gasteiger charge is 2.14. The molecule has 0 spiro atoms. The maximum absolute atomic E-state index is 9.37. The molecule has 0 bridgehead atoms. The highest BCUT2D eigenvalue weighted by molar-refractivity contribution is 5.70. The first-order chi connectivity index (χ1) is 18.6. The molecule has 0 saturated heterocycles. The Hall–Kier alpha value is -3.66. The molecule has 3 aromatic carbocycles. The molecule has 4 nitrogen and oxygen atoms in total. The zero-order chi connectivity index (χ0) is 28.8. The van der Waals surface area contributed by atoms with Crippen LogP contribution in [-0.2, 0) is 17.6 Å². The van der Waals surface area contributed by atoms with Gasteiger partial charge in [0.05, 0.1) is 0 Å². The third-order valence-corrected chi connectivity index (χ3v) is 5.29. The Labute approximate surface area is 230 Å². The lowest BCUT2D eigenvalue weighted by atomic mass is 9.98. The van der Waals surface area contributed by atoms with Crippen molar-refractivity contribution >= 4 is 5.97 Å². The third kappa shape index (κ3) is 12.1. The highest BCUT2D eigenvalue weighted by Crippen LogP contribution is 2.29. The highest BCUT2D eigenvalue weighted by atomic mass is 16.5. The molecule has 0 aliphatic carbocycles. The van der Waals surface area contributed by atoms with Crippen LogP contribution < -0.4 is 0 Å². The molecule has 0 amide bonds. The van der Waals surface area contributed by atoms with E-state index in [-0.39, 0.29) is 6.42 Å². The standard InChI is InChI=1S/C25H23NO.C3H6O2.3C2H6/c1-19-24(14-8-11-20-9-4-2-5-10-20)25(26-27-19)23-17-15-22(16-18-23)21-12-6-3-7-13-21;1-2-3(4)5;3*1-2/h2-7,9-10,12-13,15-18H,8,11,14H2,1H3;2H2,1H3,(H,4,5);3*1-2H3. The topological polar surface area (TPSA) is 63.3 Å². The number of aliphatic carboxylic acids is 1. The van der Waals surface area contributed by atoms with Crippen molar-refractivity contribution in [2.24, 2.45) is 0 Å². The Morgan fingerprint density at radius 2 is 1.16 bits per heavy atom. The summed E-state index contributed by atoms with van der Waals surface area (Å²) in [5.74, 6) is 0.176. The molecule has 0 aliphatic rings. The number of hydrogen-bond acceptors (Lipinski definition) is 3. The summed E-state index contributed by atoms with van der Waals surface area (Å²) in [6.07, 6.45) is 3.35.